The maximum Gasteiger partial charge on any atom is 0.233 e. The van der Waals surface area contributed by atoms with Gasteiger partial charge in [-0.3, -0.25) is 9.20 Å². The topological polar surface area (TPSA) is 90.6 Å². The summed E-state index contributed by atoms with van der Waals surface area (Å²) in [6, 6.07) is 10.9. The zero-order valence-electron chi connectivity index (χ0n) is 16.5. The number of ether oxygens (including phenoxy) is 1. The highest BCUT2D eigenvalue weighted by atomic mass is 35.5. The number of aromatic nitrogens is 3. The van der Waals surface area contributed by atoms with Crippen molar-refractivity contribution >= 4 is 33.0 Å². The Hall–Kier alpha value is -3.23. The molecule has 0 spiro atoms. The molecule has 0 N–H and O–H groups in total. The summed E-state index contributed by atoms with van der Waals surface area (Å²) < 4.78 is 32.9. The maximum atomic E-state index is 13.0. The summed E-state index contributed by atoms with van der Waals surface area (Å²) in [6.45, 7) is 0. The van der Waals surface area contributed by atoms with E-state index in [9.17, 15) is 13.2 Å². The first-order valence-corrected chi connectivity index (χ1v) is 11.2. The van der Waals surface area contributed by atoms with Crippen LogP contribution in [0.5, 0.6) is 5.75 Å². The smallest absolute Gasteiger partial charge is 0.233 e. The van der Waals surface area contributed by atoms with E-state index in [-0.39, 0.29) is 27.7 Å². The van der Waals surface area contributed by atoms with E-state index in [4.69, 9.17) is 16.3 Å². The van der Waals surface area contributed by atoms with Crippen molar-refractivity contribution in [3.05, 3.63) is 83.4 Å². The molecule has 4 rings (SSSR count). The van der Waals surface area contributed by atoms with Crippen molar-refractivity contribution in [2.45, 2.75) is 22.6 Å². The number of benzene rings is 2. The number of hydrogen-bond acceptors (Lipinski definition) is 6. The molecule has 0 aliphatic heterocycles. The van der Waals surface area contributed by atoms with Gasteiger partial charge in [0.25, 0.3) is 0 Å². The number of ketones is 1. The number of sulfone groups is 1. The summed E-state index contributed by atoms with van der Waals surface area (Å²) in [5.41, 5.74) is 1.35. The normalized spacial score (nSPS) is 11.5. The first-order valence-electron chi connectivity index (χ1n) is 9.38. The number of methoxy groups -OCH3 is 1. The van der Waals surface area contributed by atoms with Crippen molar-refractivity contribution in [1.82, 2.24) is 14.4 Å². The number of carbonyl (C=O) groups is 1. The lowest BCUT2D eigenvalue weighted by atomic mass is 10.0. The van der Waals surface area contributed by atoms with Crippen LogP contribution in [-0.2, 0) is 16.3 Å². The van der Waals surface area contributed by atoms with Gasteiger partial charge in [0.15, 0.2) is 5.78 Å². The first-order chi connectivity index (χ1) is 14.9. The first kappa shape index (κ1) is 21.0. The molecule has 158 valence electrons. The van der Waals surface area contributed by atoms with Crippen molar-refractivity contribution in [3.63, 3.8) is 0 Å². The molecule has 0 unspecified atom stereocenters. The predicted octanol–water partition coefficient (Wildman–Crippen LogP) is 4.04. The number of aryl methyl sites for hydroxylation is 1. The lowest BCUT2D eigenvalue weighted by Crippen LogP contribution is -2.06. The van der Waals surface area contributed by atoms with Crippen LogP contribution >= 0.6 is 11.6 Å². The van der Waals surface area contributed by atoms with Gasteiger partial charge in [-0.2, -0.15) is 0 Å². The number of halogens is 1. The minimum atomic E-state index is -3.80. The van der Waals surface area contributed by atoms with Gasteiger partial charge in [0.2, 0.25) is 15.6 Å². The van der Waals surface area contributed by atoms with Crippen molar-refractivity contribution in [2.24, 2.45) is 0 Å². The molecule has 0 aliphatic carbocycles. The van der Waals surface area contributed by atoms with E-state index in [1.54, 1.807) is 41.2 Å². The lowest BCUT2D eigenvalue weighted by Gasteiger charge is -2.11. The number of hydrogen-bond donors (Lipinski definition) is 0. The number of imidazole rings is 1. The van der Waals surface area contributed by atoms with Gasteiger partial charge in [-0.15, -0.1) is 0 Å². The van der Waals surface area contributed by atoms with Crippen molar-refractivity contribution in [2.75, 3.05) is 7.11 Å². The third-order valence-corrected chi connectivity index (χ3v) is 6.88. The third kappa shape index (κ3) is 4.30. The van der Waals surface area contributed by atoms with E-state index in [0.717, 1.165) is 5.56 Å². The fourth-order valence-corrected chi connectivity index (χ4v) is 4.87. The highest BCUT2D eigenvalue weighted by Crippen LogP contribution is 2.32. The third-order valence-electron chi connectivity index (χ3n) is 4.86. The van der Waals surface area contributed by atoms with E-state index < -0.39 is 9.84 Å². The van der Waals surface area contributed by atoms with Gasteiger partial charge >= 0.3 is 0 Å². The van der Waals surface area contributed by atoms with Crippen molar-refractivity contribution in [1.29, 1.82) is 0 Å². The van der Waals surface area contributed by atoms with Crippen LogP contribution in [0.1, 0.15) is 22.3 Å². The molecular formula is C22H18ClN3O4S. The van der Waals surface area contributed by atoms with Gasteiger partial charge in [0.1, 0.15) is 10.6 Å². The second-order valence-electron chi connectivity index (χ2n) is 6.84. The van der Waals surface area contributed by atoms with E-state index in [1.807, 2.05) is 0 Å². The Bertz CT molecular complexity index is 1370. The monoisotopic (exact) mass is 455 g/mol. The molecule has 0 fully saturated rings. The molecule has 31 heavy (non-hydrogen) atoms. The average molecular weight is 456 g/mol. The van der Waals surface area contributed by atoms with Gasteiger partial charge in [-0.05, 0) is 42.3 Å². The predicted molar refractivity (Wildman–Crippen MR) is 116 cm³/mol. The summed E-state index contributed by atoms with van der Waals surface area (Å²) in [5, 5.41) is 0.304. The number of fused-ring (bicyclic) bond motifs is 1. The van der Waals surface area contributed by atoms with E-state index >= 15 is 0 Å². The van der Waals surface area contributed by atoms with Crippen molar-refractivity contribution in [3.8, 4) is 5.75 Å². The van der Waals surface area contributed by atoms with Gasteiger partial charge in [0, 0.05) is 36.2 Å². The van der Waals surface area contributed by atoms with Crippen LogP contribution < -0.4 is 4.74 Å². The van der Waals surface area contributed by atoms with Crippen LogP contribution in [0.15, 0.2) is 77.0 Å². The van der Waals surface area contributed by atoms with E-state index in [1.165, 1.54) is 37.6 Å². The van der Waals surface area contributed by atoms with Crippen LogP contribution in [0.25, 0.3) is 5.78 Å². The summed E-state index contributed by atoms with van der Waals surface area (Å²) >= 11 is 5.98. The molecule has 0 saturated heterocycles. The largest absolute Gasteiger partial charge is 0.495 e. The molecule has 2 aromatic carbocycles. The summed E-state index contributed by atoms with van der Waals surface area (Å²) in [4.78, 5) is 20.8. The minimum absolute atomic E-state index is 0.00724. The fourth-order valence-electron chi connectivity index (χ4n) is 3.19. The maximum absolute atomic E-state index is 13.0. The molecule has 9 heteroatoms. The highest BCUT2D eigenvalue weighted by molar-refractivity contribution is 7.91. The van der Waals surface area contributed by atoms with Gasteiger partial charge in [-0.25, -0.2) is 18.4 Å². The van der Waals surface area contributed by atoms with E-state index in [2.05, 4.69) is 9.97 Å². The summed E-state index contributed by atoms with van der Waals surface area (Å²) in [5.74, 6) is 0.704. The lowest BCUT2D eigenvalue weighted by molar-refractivity contribution is 0.0982. The summed E-state index contributed by atoms with van der Waals surface area (Å²) in [7, 11) is -2.40. The second kappa shape index (κ2) is 8.49. The van der Waals surface area contributed by atoms with Crippen LogP contribution in [0.4, 0.5) is 0 Å². The van der Waals surface area contributed by atoms with Crippen LogP contribution in [0.2, 0.25) is 5.02 Å². The van der Waals surface area contributed by atoms with Crippen LogP contribution in [0, 0.1) is 0 Å². The quantitative estimate of drug-likeness (QED) is 0.390. The Morgan fingerprint density at radius 2 is 1.90 bits per heavy atom. The zero-order valence-corrected chi connectivity index (χ0v) is 18.1. The standard InChI is InChI=1S/C22H18ClN3O4S/c1-30-20-9-5-17(23)12-21(20)31(28,29)18-6-2-15(3-7-18)4-8-19(27)16-13-25-22-24-10-11-26(22)14-16/h2-3,5-7,9-14H,4,8H2,1H3. The number of carbonyl (C=O) groups excluding carboxylic acids is 1. The summed E-state index contributed by atoms with van der Waals surface area (Å²) in [6.07, 6.45) is 7.31. The molecule has 0 atom stereocenters. The molecule has 7 nitrogen and oxygen atoms in total. The van der Waals surface area contributed by atoms with Gasteiger partial charge in [-0.1, -0.05) is 23.7 Å². The Labute approximate surface area is 184 Å². The minimum Gasteiger partial charge on any atom is -0.495 e. The van der Waals surface area contributed by atoms with Gasteiger partial charge < -0.3 is 4.74 Å². The Kier molecular flexibility index (Phi) is 5.75. The molecular weight excluding hydrogens is 438 g/mol. The van der Waals surface area contributed by atoms with Crippen LogP contribution in [-0.4, -0.2) is 35.7 Å². The zero-order chi connectivity index (χ0) is 22.0. The van der Waals surface area contributed by atoms with Crippen LogP contribution in [0.3, 0.4) is 0 Å². The molecule has 2 heterocycles. The Balaban J connectivity index is 1.49. The number of rotatable bonds is 7. The SMILES string of the molecule is COc1ccc(Cl)cc1S(=O)(=O)c1ccc(CCC(=O)c2cnc3nccn3c2)cc1. The van der Waals surface area contributed by atoms with E-state index in [0.29, 0.717) is 22.8 Å². The Morgan fingerprint density at radius 3 is 2.65 bits per heavy atom. The Morgan fingerprint density at radius 1 is 1.13 bits per heavy atom. The number of nitrogens with zero attached hydrogens (tertiary/aromatic N) is 3. The van der Waals surface area contributed by atoms with Crippen molar-refractivity contribution < 1.29 is 17.9 Å². The molecule has 4 aromatic rings. The average Bonchev–Trinajstić information content (AvgIpc) is 3.25. The molecule has 0 amide bonds. The molecule has 0 aliphatic rings. The second-order valence-corrected chi connectivity index (χ2v) is 9.20. The fraction of sp³-hybridized carbons (Fsp3) is 0.136. The van der Waals surface area contributed by atoms with Gasteiger partial charge in [0.05, 0.1) is 17.6 Å². The number of Topliss-reactive ketones (excluding diaryl/α,β-unsaturated/α-hetero) is 1. The highest BCUT2D eigenvalue weighted by Gasteiger charge is 2.22. The molecule has 0 radical (unpaired) electrons. The molecule has 0 bridgehead atoms. The molecule has 0 saturated carbocycles. The molecule has 2 aromatic heterocycles.